The first-order chi connectivity index (χ1) is 13.8. The number of alkyl halides is 3. The highest BCUT2D eigenvalue weighted by Gasteiger charge is 2.33. The number of benzene rings is 2. The SMILES string of the molecule is CCN(CC(=O)Nc1ccccc1C(F)(F)F)C(=O)/C=C/c1ccccc1OC. The van der Waals surface area contributed by atoms with E-state index in [1.54, 1.807) is 37.3 Å². The summed E-state index contributed by atoms with van der Waals surface area (Å²) in [6.07, 6.45) is -1.75. The monoisotopic (exact) mass is 406 g/mol. The number of carbonyl (C=O) groups is 2. The van der Waals surface area contributed by atoms with Crippen LogP contribution in [0.3, 0.4) is 0 Å². The van der Waals surface area contributed by atoms with Gasteiger partial charge in [-0.3, -0.25) is 9.59 Å². The largest absolute Gasteiger partial charge is 0.496 e. The highest BCUT2D eigenvalue weighted by atomic mass is 19.4. The zero-order valence-electron chi connectivity index (χ0n) is 16.0. The molecular formula is C21H21F3N2O3. The number of hydrogen-bond donors (Lipinski definition) is 1. The minimum absolute atomic E-state index is 0.212. The lowest BCUT2D eigenvalue weighted by atomic mass is 10.1. The predicted molar refractivity (Wildman–Crippen MR) is 104 cm³/mol. The molecule has 5 nitrogen and oxygen atoms in total. The summed E-state index contributed by atoms with van der Waals surface area (Å²) in [5.41, 5.74) is -0.611. The molecule has 0 spiro atoms. The van der Waals surface area contributed by atoms with Gasteiger partial charge in [-0.05, 0) is 31.2 Å². The van der Waals surface area contributed by atoms with E-state index < -0.39 is 23.6 Å². The maximum absolute atomic E-state index is 13.0. The summed E-state index contributed by atoms with van der Waals surface area (Å²) in [6.45, 7) is 1.51. The van der Waals surface area contributed by atoms with Crippen molar-refractivity contribution in [3.8, 4) is 5.75 Å². The van der Waals surface area contributed by atoms with Crippen LogP contribution < -0.4 is 10.1 Å². The van der Waals surface area contributed by atoms with Crippen LogP contribution in [0.4, 0.5) is 18.9 Å². The fraction of sp³-hybridized carbons (Fsp3) is 0.238. The first kappa shape index (κ1) is 22.0. The van der Waals surface area contributed by atoms with Crippen molar-refractivity contribution in [1.82, 2.24) is 4.90 Å². The number of halogens is 3. The molecule has 0 aromatic heterocycles. The Morgan fingerprint density at radius 1 is 1.10 bits per heavy atom. The summed E-state index contributed by atoms with van der Waals surface area (Å²) in [4.78, 5) is 25.8. The maximum atomic E-state index is 13.0. The van der Waals surface area contributed by atoms with E-state index >= 15 is 0 Å². The molecule has 1 N–H and O–H groups in total. The Morgan fingerprint density at radius 3 is 2.41 bits per heavy atom. The summed E-state index contributed by atoms with van der Waals surface area (Å²) in [7, 11) is 1.51. The summed E-state index contributed by atoms with van der Waals surface area (Å²) >= 11 is 0. The molecule has 2 aromatic carbocycles. The van der Waals surface area contributed by atoms with Crippen molar-refractivity contribution in [2.45, 2.75) is 13.1 Å². The normalized spacial score (nSPS) is 11.3. The lowest BCUT2D eigenvalue weighted by Gasteiger charge is -2.20. The number of nitrogens with zero attached hydrogens (tertiary/aromatic N) is 1. The lowest BCUT2D eigenvalue weighted by molar-refractivity contribution is -0.137. The third-order valence-corrected chi connectivity index (χ3v) is 4.08. The van der Waals surface area contributed by atoms with Gasteiger partial charge >= 0.3 is 6.18 Å². The second-order valence-electron chi connectivity index (χ2n) is 6.02. The first-order valence-corrected chi connectivity index (χ1v) is 8.82. The summed E-state index contributed by atoms with van der Waals surface area (Å²) in [6, 6.07) is 11.8. The molecule has 0 bridgehead atoms. The minimum Gasteiger partial charge on any atom is -0.496 e. The van der Waals surface area contributed by atoms with Gasteiger partial charge in [-0.25, -0.2) is 0 Å². The molecule has 0 heterocycles. The zero-order chi connectivity index (χ0) is 21.4. The first-order valence-electron chi connectivity index (χ1n) is 8.82. The molecule has 0 aliphatic carbocycles. The Bertz CT molecular complexity index is 895. The van der Waals surface area contributed by atoms with Crippen LogP contribution in [0.5, 0.6) is 5.75 Å². The Morgan fingerprint density at radius 2 is 1.76 bits per heavy atom. The number of carbonyl (C=O) groups excluding carboxylic acids is 2. The third kappa shape index (κ3) is 6.10. The lowest BCUT2D eigenvalue weighted by Crippen LogP contribution is -2.37. The van der Waals surface area contributed by atoms with Gasteiger partial charge in [0.15, 0.2) is 0 Å². The van der Waals surface area contributed by atoms with Gasteiger partial charge in [0, 0.05) is 18.2 Å². The van der Waals surface area contributed by atoms with E-state index in [1.807, 2.05) is 0 Å². The predicted octanol–water partition coefficient (Wildman–Crippen LogP) is 4.21. The van der Waals surface area contributed by atoms with Crippen molar-refractivity contribution in [1.29, 1.82) is 0 Å². The highest BCUT2D eigenvalue weighted by Crippen LogP contribution is 2.34. The number of hydrogen-bond acceptors (Lipinski definition) is 3. The van der Waals surface area contributed by atoms with Crippen molar-refractivity contribution in [2.75, 3.05) is 25.5 Å². The van der Waals surface area contributed by atoms with Gasteiger partial charge in [0.2, 0.25) is 11.8 Å². The fourth-order valence-corrected chi connectivity index (χ4v) is 2.62. The number of rotatable bonds is 7. The van der Waals surface area contributed by atoms with Crippen LogP contribution in [0, 0.1) is 0 Å². The Kier molecular flexibility index (Phi) is 7.41. The summed E-state index contributed by atoms with van der Waals surface area (Å²) < 4.78 is 44.3. The zero-order valence-corrected chi connectivity index (χ0v) is 16.0. The van der Waals surface area contributed by atoms with Crippen molar-refractivity contribution < 1.29 is 27.5 Å². The smallest absolute Gasteiger partial charge is 0.418 e. The quantitative estimate of drug-likeness (QED) is 0.701. The second-order valence-corrected chi connectivity index (χ2v) is 6.02. The van der Waals surface area contributed by atoms with E-state index in [4.69, 9.17) is 4.74 Å². The van der Waals surface area contributed by atoms with E-state index in [2.05, 4.69) is 5.32 Å². The summed E-state index contributed by atoms with van der Waals surface area (Å²) in [5, 5.41) is 2.23. The van der Waals surface area contributed by atoms with Crippen LogP contribution >= 0.6 is 0 Å². The molecule has 2 rings (SSSR count). The van der Waals surface area contributed by atoms with Crippen LogP contribution in [0.15, 0.2) is 54.6 Å². The second kappa shape index (κ2) is 9.77. The molecule has 0 atom stereocenters. The minimum atomic E-state index is -4.60. The molecule has 2 aromatic rings. The number of nitrogens with one attached hydrogen (secondary N) is 1. The Balaban J connectivity index is 2.07. The van der Waals surface area contributed by atoms with Gasteiger partial charge in [-0.1, -0.05) is 30.3 Å². The van der Waals surface area contributed by atoms with Gasteiger partial charge in [0.05, 0.1) is 18.4 Å². The molecule has 0 saturated carbocycles. The molecule has 0 unspecified atom stereocenters. The van der Waals surface area contributed by atoms with E-state index in [0.29, 0.717) is 11.3 Å². The molecule has 154 valence electrons. The number of methoxy groups -OCH3 is 1. The van der Waals surface area contributed by atoms with Crippen molar-refractivity contribution in [2.24, 2.45) is 0 Å². The number of likely N-dealkylation sites (N-methyl/N-ethyl adjacent to an activating group) is 1. The van der Waals surface area contributed by atoms with Gasteiger partial charge in [-0.2, -0.15) is 13.2 Å². The highest BCUT2D eigenvalue weighted by molar-refractivity contribution is 5.98. The number of para-hydroxylation sites is 2. The average Bonchev–Trinajstić information content (AvgIpc) is 2.70. The van der Waals surface area contributed by atoms with Crippen LogP contribution in [0.25, 0.3) is 6.08 Å². The van der Waals surface area contributed by atoms with Crippen molar-refractivity contribution in [3.05, 3.63) is 65.7 Å². The van der Waals surface area contributed by atoms with Crippen molar-refractivity contribution in [3.63, 3.8) is 0 Å². The van der Waals surface area contributed by atoms with E-state index in [-0.39, 0.29) is 18.8 Å². The number of amides is 2. The Labute approximate surface area is 166 Å². The maximum Gasteiger partial charge on any atom is 0.418 e. The number of ether oxygens (including phenoxy) is 1. The van der Waals surface area contributed by atoms with Gasteiger partial charge in [0.25, 0.3) is 0 Å². The molecule has 0 fully saturated rings. The fourth-order valence-electron chi connectivity index (χ4n) is 2.62. The van der Waals surface area contributed by atoms with Crippen molar-refractivity contribution >= 4 is 23.6 Å². The van der Waals surface area contributed by atoms with Crippen LogP contribution in [0.1, 0.15) is 18.1 Å². The van der Waals surface area contributed by atoms with Gasteiger partial charge < -0.3 is 15.0 Å². The van der Waals surface area contributed by atoms with E-state index in [9.17, 15) is 22.8 Å². The van der Waals surface area contributed by atoms with Gasteiger partial charge in [-0.15, -0.1) is 0 Å². The standard InChI is InChI=1S/C21H21F3N2O3/c1-3-26(20(28)13-12-15-8-4-7-11-18(15)29-2)14-19(27)25-17-10-6-5-9-16(17)21(22,23)24/h4-13H,3,14H2,1-2H3,(H,25,27)/b13-12+. The molecule has 8 heteroatoms. The van der Waals surface area contributed by atoms with E-state index in [1.165, 1.54) is 36.3 Å². The van der Waals surface area contributed by atoms with Crippen LogP contribution in [0.2, 0.25) is 0 Å². The van der Waals surface area contributed by atoms with E-state index in [0.717, 1.165) is 6.07 Å². The molecule has 2 amide bonds. The average molecular weight is 406 g/mol. The molecule has 0 saturated heterocycles. The topological polar surface area (TPSA) is 58.6 Å². The molecule has 0 aliphatic heterocycles. The molecule has 0 radical (unpaired) electrons. The number of anilines is 1. The molecule has 29 heavy (non-hydrogen) atoms. The summed E-state index contributed by atoms with van der Waals surface area (Å²) in [5.74, 6) is -0.582. The van der Waals surface area contributed by atoms with Crippen LogP contribution in [-0.4, -0.2) is 36.9 Å². The molecule has 0 aliphatic rings. The van der Waals surface area contributed by atoms with Gasteiger partial charge in [0.1, 0.15) is 12.3 Å². The Hall–Kier alpha value is -3.29. The van der Waals surface area contributed by atoms with Crippen LogP contribution in [-0.2, 0) is 15.8 Å². The third-order valence-electron chi connectivity index (χ3n) is 4.08. The molecular weight excluding hydrogens is 385 g/mol.